The Hall–Kier alpha value is -2.07. The molecule has 2 aromatic heterocycles. The van der Waals surface area contributed by atoms with E-state index >= 15 is 0 Å². The highest BCUT2D eigenvalue weighted by molar-refractivity contribution is 9.10. The lowest BCUT2D eigenvalue weighted by Gasteiger charge is -2.01. The summed E-state index contributed by atoms with van der Waals surface area (Å²) in [5.41, 5.74) is 2.70. The number of hydrogen-bond donors (Lipinski definition) is 0. The van der Waals surface area contributed by atoms with Crippen LogP contribution in [0.3, 0.4) is 0 Å². The van der Waals surface area contributed by atoms with Crippen LogP contribution in [0.15, 0.2) is 63.7 Å². The number of furan rings is 1. The molecule has 0 fully saturated rings. The van der Waals surface area contributed by atoms with Crippen molar-refractivity contribution in [3.05, 3.63) is 59.3 Å². The zero-order chi connectivity index (χ0) is 12.8. The number of aromatic nitrogens is 2. The fourth-order valence-electron chi connectivity index (χ4n) is 2.35. The smallest absolute Gasteiger partial charge is 0.161 e. The molecule has 0 aliphatic carbocycles. The number of rotatable bonds is 1. The average molecular weight is 313 g/mol. The van der Waals surface area contributed by atoms with Crippen LogP contribution in [0.4, 0.5) is 0 Å². The van der Waals surface area contributed by atoms with Crippen molar-refractivity contribution in [3.8, 4) is 5.69 Å². The Labute approximate surface area is 117 Å². The summed E-state index contributed by atoms with van der Waals surface area (Å²) in [6.07, 6.45) is 1.91. The summed E-state index contributed by atoms with van der Waals surface area (Å²) in [6, 6.07) is 16.1. The molecule has 0 unspecified atom stereocenters. The number of halogens is 1. The highest BCUT2D eigenvalue weighted by atomic mass is 79.9. The van der Waals surface area contributed by atoms with E-state index in [2.05, 4.69) is 33.2 Å². The van der Waals surface area contributed by atoms with Crippen molar-refractivity contribution in [1.29, 1.82) is 0 Å². The van der Waals surface area contributed by atoms with Gasteiger partial charge in [-0.05, 0) is 34.1 Å². The topological polar surface area (TPSA) is 31.0 Å². The van der Waals surface area contributed by atoms with E-state index in [1.54, 1.807) is 0 Å². The third-order valence-corrected chi connectivity index (χ3v) is 3.61. The summed E-state index contributed by atoms with van der Waals surface area (Å²) in [6.45, 7) is 0. The van der Waals surface area contributed by atoms with E-state index in [0.29, 0.717) is 0 Å². The van der Waals surface area contributed by atoms with Crippen LogP contribution in [0.1, 0.15) is 0 Å². The first-order chi connectivity index (χ1) is 9.33. The van der Waals surface area contributed by atoms with Crippen LogP contribution >= 0.6 is 15.9 Å². The molecule has 0 radical (unpaired) electrons. The Morgan fingerprint density at radius 1 is 0.947 bits per heavy atom. The molecule has 19 heavy (non-hydrogen) atoms. The van der Waals surface area contributed by atoms with Gasteiger partial charge >= 0.3 is 0 Å². The van der Waals surface area contributed by atoms with Gasteiger partial charge in [0.1, 0.15) is 15.9 Å². The minimum absolute atomic E-state index is 0.806. The lowest BCUT2D eigenvalue weighted by molar-refractivity contribution is 0.661. The van der Waals surface area contributed by atoms with Crippen LogP contribution in [0, 0.1) is 0 Å². The molecule has 3 nitrogen and oxygen atoms in total. The van der Waals surface area contributed by atoms with Gasteiger partial charge in [-0.25, -0.2) is 4.68 Å². The second kappa shape index (κ2) is 3.96. The predicted octanol–water partition coefficient (Wildman–Crippen LogP) is 4.53. The molecule has 0 bridgehead atoms. The van der Waals surface area contributed by atoms with E-state index in [0.717, 1.165) is 32.2 Å². The lowest BCUT2D eigenvalue weighted by Crippen LogP contribution is -1.94. The summed E-state index contributed by atoms with van der Waals surface area (Å²) in [7, 11) is 0. The minimum Gasteiger partial charge on any atom is -0.454 e. The quantitative estimate of drug-likeness (QED) is 0.517. The van der Waals surface area contributed by atoms with Crippen LogP contribution in [0.25, 0.3) is 27.6 Å². The van der Waals surface area contributed by atoms with Crippen molar-refractivity contribution >= 4 is 37.9 Å². The van der Waals surface area contributed by atoms with Gasteiger partial charge in [0.15, 0.2) is 5.58 Å². The minimum atomic E-state index is 0.806. The highest BCUT2D eigenvalue weighted by Crippen LogP contribution is 2.32. The molecule has 4 aromatic rings. The van der Waals surface area contributed by atoms with E-state index in [-0.39, 0.29) is 0 Å². The number of benzene rings is 2. The van der Waals surface area contributed by atoms with E-state index in [4.69, 9.17) is 4.42 Å². The van der Waals surface area contributed by atoms with Crippen LogP contribution in [0.5, 0.6) is 0 Å². The fraction of sp³-hybridized carbons (Fsp3) is 0. The van der Waals surface area contributed by atoms with Crippen LogP contribution in [-0.2, 0) is 0 Å². The summed E-state index contributed by atoms with van der Waals surface area (Å²) in [5, 5.41) is 6.62. The molecule has 2 aromatic carbocycles. The molecule has 0 saturated carbocycles. The Balaban J connectivity index is 2.12. The van der Waals surface area contributed by atoms with Crippen molar-refractivity contribution < 1.29 is 4.42 Å². The fourth-order valence-corrected chi connectivity index (χ4v) is 2.64. The first-order valence-corrected chi connectivity index (χ1v) is 6.74. The van der Waals surface area contributed by atoms with Gasteiger partial charge in [-0.1, -0.05) is 30.3 Å². The van der Waals surface area contributed by atoms with Crippen molar-refractivity contribution in [1.82, 2.24) is 9.78 Å². The van der Waals surface area contributed by atoms with Crippen molar-refractivity contribution in [3.63, 3.8) is 0 Å². The highest BCUT2D eigenvalue weighted by Gasteiger charge is 2.11. The summed E-state index contributed by atoms with van der Waals surface area (Å²) >= 11 is 3.37. The van der Waals surface area contributed by atoms with Crippen molar-refractivity contribution in [2.24, 2.45) is 0 Å². The van der Waals surface area contributed by atoms with Gasteiger partial charge in [-0.2, -0.15) is 5.10 Å². The zero-order valence-electron chi connectivity index (χ0n) is 9.88. The van der Waals surface area contributed by atoms with E-state index in [1.165, 1.54) is 0 Å². The molecule has 0 saturated heterocycles. The van der Waals surface area contributed by atoms with Crippen LogP contribution in [-0.4, -0.2) is 9.78 Å². The molecular weight excluding hydrogens is 304 g/mol. The van der Waals surface area contributed by atoms with Gasteiger partial charge < -0.3 is 4.42 Å². The molecule has 2 heterocycles. The molecule has 0 aliphatic rings. The number of para-hydroxylation sites is 2. The van der Waals surface area contributed by atoms with Gasteiger partial charge in [0.25, 0.3) is 0 Å². The number of nitrogens with zero attached hydrogens (tertiary/aromatic N) is 2. The maximum absolute atomic E-state index is 5.97. The lowest BCUT2D eigenvalue weighted by atomic mass is 10.1. The SMILES string of the molecule is Brc1ccn(-c2cccc3c2oc2ccccc23)n1. The number of hydrogen-bond acceptors (Lipinski definition) is 2. The van der Waals surface area contributed by atoms with E-state index < -0.39 is 0 Å². The van der Waals surface area contributed by atoms with E-state index in [1.807, 2.05) is 47.3 Å². The van der Waals surface area contributed by atoms with E-state index in [9.17, 15) is 0 Å². The summed E-state index contributed by atoms with van der Waals surface area (Å²) in [4.78, 5) is 0. The van der Waals surface area contributed by atoms with Crippen LogP contribution in [0.2, 0.25) is 0 Å². The maximum atomic E-state index is 5.97. The standard InChI is InChI=1S/C15H9BrN2O/c16-14-8-9-18(17-14)12-6-3-5-11-10-4-1-2-7-13(10)19-15(11)12/h1-9H. The number of fused-ring (bicyclic) bond motifs is 3. The molecular formula is C15H9BrN2O. The molecule has 4 heteroatoms. The average Bonchev–Trinajstić information content (AvgIpc) is 3.02. The van der Waals surface area contributed by atoms with Gasteiger partial charge in [0.05, 0.1) is 0 Å². The molecule has 0 amide bonds. The maximum Gasteiger partial charge on any atom is 0.161 e. The van der Waals surface area contributed by atoms with Crippen molar-refractivity contribution in [2.75, 3.05) is 0 Å². The van der Waals surface area contributed by atoms with Crippen LogP contribution < -0.4 is 0 Å². The first-order valence-electron chi connectivity index (χ1n) is 5.95. The summed E-state index contributed by atoms with van der Waals surface area (Å²) in [5.74, 6) is 0. The molecule has 0 aliphatic heterocycles. The summed E-state index contributed by atoms with van der Waals surface area (Å²) < 4.78 is 8.59. The first kappa shape index (κ1) is 10.8. The molecule has 0 spiro atoms. The van der Waals surface area contributed by atoms with Gasteiger partial charge in [-0.15, -0.1) is 0 Å². The molecule has 92 valence electrons. The normalized spacial score (nSPS) is 11.4. The third kappa shape index (κ3) is 1.60. The second-order valence-electron chi connectivity index (χ2n) is 4.34. The Kier molecular flexibility index (Phi) is 2.26. The monoisotopic (exact) mass is 312 g/mol. The second-order valence-corrected chi connectivity index (χ2v) is 5.15. The molecule has 0 atom stereocenters. The Morgan fingerprint density at radius 3 is 2.63 bits per heavy atom. The third-order valence-electron chi connectivity index (χ3n) is 3.19. The van der Waals surface area contributed by atoms with Gasteiger partial charge in [-0.3, -0.25) is 0 Å². The molecule has 0 N–H and O–H groups in total. The van der Waals surface area contributed by atoms with Gasteiger partial charge in [0.2, 0.25) is 0 Å². The Morgan fingerprint density at radius 2 is 1.79 bits per heavy atom. The Bertz CT molecular complexity index is 891. The van der Waals surface area contributed by atoms with Gasteiger partial charge in [0, 0.05) is 17.0 Å². The predicted molar refractivity (Wildman–Crippen MR) is 78.5 cm³/mol. The molecule has 4 rings (SSSR count). The van der Waals surface area contributed by atoms with Crippen molar-refractivity contribution in [2.45, 2.75) is 0 Å². The largest absolute Gasteiger partial charge is 0.454 e. The zero-order valence-corrected chi connectivity index (χ0v) is 11.5.